The second-order valence-corrected chi connectivity index (χ2v) is 5.78. The van der Waals surface area contributed by atoms with Crippen molar-refractivity contribution in [3.05, 3.63) is 42.2 Å². The average Bonchev–Trinajstić information content (AvgIpc) is 2.53. The van der Waals surface area contributed by atoms with Crippen molar-refractivity contribution in [3.63, 3.8) is 0 Å². The van der Waals surface area contributed by atoms with Crippen LogP contribution in [-0.2, 0) is 4.79 Å². The van der Waals surface area contributed by atoms with Crippen LogP contribution in [0.3, 0.4) is 0 Å². The van der Waals surface area contributed by atoms with Gasteiger partial charge in [-0.1, -0.05) is 20.4 Å². The first-order valence-corrected chi connectivity index (χ1v) is 7.38. The SMILES string of the molecule is C=CC(=O)N1CCN(C(=O)c2ncc(F)cc2F)C[C@@H]1C(C)C. The van der Waals surface area contributed by atoms with Crippen LogP contribution in [0.15, 0.2) is 24.9 Å². The minimum Gasteiger partial charge on any atom is -0.333 e. The molecule has 2 amide bonds. The Morgan fingerprint density at radius 2 is 2.09 bits per heavy atom. The van der Waals surface area contributed by atoms with Gasteiger partial charge in [-0.2, -0.15) is 0 Å². The zero-order chi connectivity index (χ0) is 17.1. The highest BCUT2D eigenvalue weighted by Gasteiger charge is 2.34. The second-order valence-electron chi connectivity index (χ2n) is 5.78. The monoisotopic (exact) mass is 323 g/mol. The summed E-state index contributed by atoms with van der Waals surface area (Å²) < 4.78 is 26.7. The van der Waals surface area contributed by atoms with E-state index in [1.165, 1.54) is 11.0 Å². The number of carbonyl (C=O) groups is 2. The van der Waals surface area contributed by atoms with Crippen molar-refractivity contribution in [2.75, 3.05) is 19.6 Å². The third-order valence-corrected chi connectivity index (χ3v) is 3.94. The number of nitrogens with zero attached hydrogens (tertiary/aromatic N) is 3. The fourth-order valence-corrected chi connectivity index (χ4v) is 2.68. The van der Waals surface area contributed by atoms with Crippen LogP contribution >= 0.6 is 0 Å². The van der Waals surface area contributed by atoms with Gasteiger partial charge in [0.25, 0.3) is 5.91 Å². The Morgan fingerprint density at radius 1 is 1.39 bits per heavy atom. The standard InChI is InChI=1S/C16H19F2N3O2/c1-4-14(22)21-6-5-20(9-13(21)10(2)3)16(23)15-12(18)7-11(17)8-19-15/h4,7-8,10,13H,1,5-6,9H2,2-3H3/t13-/m1/s1. The number of rotatable bonds is 3. The predicted octanol–water partition coefficient (Wildman–Crippen LogP) is 1.85. The van der Waals surface area contributed by atoms with E-state index in [1.807, 2.05) is 13.8 Å². The van der Waals surface area contributed by atoms with Gasteiger partial charge in [-0.3, -0.25) is 9.59 Å². The van der Waals surface area contributed by atoms with Gasteiger partial charge in [-0.05, 0) is 12.0 Å². The van der Waals surface area contributed by atoms with E-state index in [0.29, 0.717) is 12.6 Å². The third-order valence-electron chi connectivity index (χ3n) is 3.94. The van der Waals surface area contributed by atoms with Crippen molar-refractivity contribution in [2.45, 2.75) is 19.9 Å². The van der Waals surface area contributed by atoms with Crippen molar-refractivity contribution in [3.8, 4) is 0 Å². The number of amides is 2. The molecule has 1 fully saturated rings. The minimum atomic E-state index is -0.985. The van der Waals surface area contributed by atoms with Gasteiger partial charge in [-0.15, -0.1) is 0 Å². The lowest BCUT2D eigenvalue weighted by atomic mass is 9.99. The van der Waals surface area contributed by atoms with Crippen LogP contribution in [0, 0.1) is 17.6 Å². The highest BCUT2D eigenvalue weighted by Crippen LogP contribution is 2.20. The Balaban J connectivity index is 2.20. The third kappa shape index (κ3) is 3.55. The number of piperazine rings is 1. The molecule has 1 atom stereocenters. The molecule has 0 bridgehead atoms. The zero-order valence-corrected chi connectivity index (χ0v) is 13.1. The van der Waals surface area contributed by atoms with E-state index in [-0.39, 0.29) is 31.0 Å². The maximum atomic E-state index is 13.7. The second kappa shape index (κ2) is 6.85. The Kier molecular flexibility index (Phi) is 5.08. The van der Waals surface area contributed by atoms with Gasteiger partial charge in [0.05, 0.1) is 12.2 Å². The topological polar surface area (TPSA) is 53.5 Å². The molecule has 1 aliphatic rings. The molecule has 0 saturated carbocycles. The van der Waals surface area contributed by atoms with E-state index in [9.17, 15) is 18.4 Å². The summed E-state index contributed by atoms with van der Waals surface area (Å²) in [6.07, 6.45) is 2.06. The van der Waals surface area contributed by atoms with E-state index in [2.05, 4.69) is 11.6 Å². The van der Waals surface area contributed by atoms with Crippen LogP contribution in [0.4, 0.5) is 8.78 Å². The summed E-state index contributed by atoms with van der Waals surface area (Å²) in [6.45, 7) is 8.24. The predicted molar refractivity (Wildman–Crippen MR) is 80.6 cm³/mol. The van der Waals surface area contributed by atoms with Crippen LogP contribution in [0.1, 0.15) is 24.3 Å². The summed E-state index contributed by atoms with van der Waals surface area (Å²) in [7, 11) is 0. The Hall–Kier alpha value is -2.31. The van der Waals surface area contributed by atoms with Crippen LogP contribution in [-0.4, -0.2) is 52.3 Å². The van der Waals surface area contributed by atoms with Gasteiger partial charge in [0.1, 0.15) is 5.82 Å². The van der Waals surface area contributed by atoms with E-state index in [0.717, 1.165) is 6.20 Å². The van der Waals surface area contributed by atoms with Gasteiger partial charge < -0.3 is 9.80 Å². The van der Waals surface area contributed by atoms with Gasteiger partial charge in [-0.25, -0.2) is 13.8 Å². The van der Waals surface area contributed by atoms with Crippen LogP contribution in [0.5, 0.6) is 0 Å². The van der Waals surface area contributed by atoms with E-state index < -0.39 is 23.2 Å². The van der Waals surface area contributed by atoms with Crippen molar-refractivity contribution in [1.29, 1.82) is 0 Å². The van der Waals surface area contributed by atoms with Crippen molar-refractivity contribution >= 4 is 11.8 Å². The molecule has 2 heterocycles. The highest BCUT2D eigenvalue weighted by atomic mass is 19.1. The molecule has 0 unspecified atom stereocenters. The van der Waals surface area contributed by atoms with Crippen LogP contribution in [0.2, 0.25) is 0 Å². The number of hydrogen-bond donors (Lipinski definition) is 0. The lowest BCUT2D eigenvalue weighted by Crippen LogP contribution is -2.58. The van der Waals surface area contributed by atoms with E-state index in [1.54, 1.807) is 4.90 Å². The summed E-state index contributed by atoms with van der Waals surface area (Å²) in [5, 5.41) is 0. The fourth-order valence-electron chi connectivity index (χ4n) is 2.68. The largest absolute Gasteiger partial charge is 0.333 e. The first-order valence-electron chi connectivity index (χ1n) is 7.38. The van der Waals surface area contributed by atoms with Crippen LogP contribution < -0.4 is 0 Å². The minimum absolute atomic E-state index is 0.112. The van der Waals surface area contributed by atoms with Gasteiger partial charge >= 0.3 is 0 Å². The number of halogens is 2. The van der Waals surface area contributed by atoms with E-state index >= 15 is 0 Å². The van der Waals surface area contributed by atoms with Gasteiger partial charge in [0.2, 0.25) is 5.91 Å². The number of aromatic nitrogens is 1. The average molecular weight is 323 g/mol. The lowest BCUT2D eigenvalue weighted by molar-refractivity contribution is -0.131. The molecule has 1 aromatic heterocycles. The molecule has 5 nitrogen and oxygen atoms in total. The molecule has 0 N–H and O–H groups in total. The highest BCUT2D eigenvalue weighted by molar-refractivity contribution is 5.93. The number of carbonyl (C=O) groups excluding carboxylic acids is 2. The Bertz CT molecular complexity index is 634. The zero-order valence-electron chi connectivity index (χ0n) is 13.1. The fraction of sp³-hybridized carbons (Fsp3) is 0.438. The Labute approximate surface area is 133 Å². The lowest BCUT2D eigenvalue weighted by Gasteiger charge is -2.42. The molecule has 2 rings (SSSR count). The van der Waals surface area contributed by atoms with Gasteiger partial charge in [0.15, 0.2) is 11.5 Å². The number of hydrogen-bond acceptors (Lipinski definition) is 3. The molecule has 0 aromatic carbocycles. The van der Waals surface area contributed by atoms with Gasteiger partial charge in [0, 0.05) is 25.7 Å². The molecule has 1 aromatic rings. The molecule has 7 heteroatoms. The molecular weight excluding hydrogens is 304 g/mol. The molecule has 1 saturated heterocycles. The summed E-state index contributed by atoms with van der Waals surface area (Å²) in [5.74, 6) is -2.50. The van der Waals surface area contributed by atoms with Crippen molar-refractivity contribution < 1.29 is 18.4 Å². The van der Waals surface area contributed by atoms with Crippen molar-refractivity contribution in [1.82, 2.24) is 14.8 Å². The summed E-state index contributed by atoms with van der Waals surface area (Å²) in [4.78, 5) is 31.0. The Morgan fingerprint density at radius 3 is 2.65 bits per heavy atom. The molecule has 0 aliphatic carbocycles. The summed E-state index contributed by atoms with van der Waals surface area (Å²) in [5.41, 5.74) is -0.405. The van der Waals surface area contributed by atoms with E-state index in [4.69, 9.17) is 0 Å². The quantitative estimate of drug-likeness (QED) is 0.798. The molecule has 1 aliphatic heterocycles. The summed E-state index contributed by atoms with van der Waals surface area (Å²) in [6, 6.07) is 0.444. The first kappa shape index (κ1) is 17.1. The maximum absolute atomic E-state index is 13.7. The molecule has 124 valence electrons. The number of pyridine rings is 1. The molecular formula is C16H19F2N3O2. The smallest absolute Gasteiger partial charge is 0.275 e. The normalized spacial score (nSPS) is 18.2. The molecule has 23 heavy (non-hydrogen) atoms. The van der Waals surface area contributed by atoms with Crippen molar-refractivity contribution in [2.24, 2.45) is 5.92 Å². The molecule has 0 spiro atoms. The maximum Gasteiger partial charge on any atom is 0.275 e. The summed E-state index contributed by atoms with van der Waals surface area (Å²) >= 11 is 0. The first-order chi connectivity index (χ1) is 10.8. The van der Waals surface area contributed by atoms with Crippen LogP contribution in [0.25, 0.3) is 0 Å². The molecule has 0 radical (unpaired) electrons.